The van der Waals surface area contributed by atoms with E-state index in [-0.39, 0.29) is 0 Å². The Morgan fingerprint density at radius 3 is 2.70 bits per heavy atom. The van der Waals surface area contributed by atoms with Crippen LogP contribution in [0.5, 0.6) is 0 Å². The van der Waals surface area contributed by atoms with Crippen LogP contribution < -0.4 is 5.32 Å². The Kier molecular flexibility index (Phi) is 4.87. The van der Waals surface area contributed by atoms with Gasteiger partial charge in [-0.25, -0.2) is 15.0 Å². The fourth-order valence-corrected chi connectivity index (χ4v) is 4.19. The molecule has 0 fully saturated rings. The molecule has 3 aromatic heterocycles. The van der Waals surface area contributed by atoms with Crippen LogP contribution in [-0.4, -0.2) is 39.8 Å². The predicted molar refractivity (Wildman–Crippen MR) is 110 cm³/mol. The van der Waals surface area contributed by atoms with Crippen LogP contribution in [0, 0.1) is 6.92 Å². The van der Waals surface area contributed by atoms with Gasteiger partial charge in [-0.2, -0.15) is 0 Å². The van der Waals surface area contributed by atoms with Crippen molar-refractivity contribution < 1.29 is 4.74 Å². The molecule has 0 bridgehead atoms. The summed E-state index contributed by atoms with van der Waals surface area (Å²) in [6, 6.07) is 10.4. The van der Waals surface area contributed by atoms with Crippen molar-refractivity contribution in [3.05, 3.63) is 47.6 Å². The van der Waals surface area contributed by atoms with Crippen molar-refractivity contribution in [1.82, 2.24) is 19.5 Å². The van der Waals surface area contributed by atoms with Gasteiger partial charge in [0.15, 0.2) is 11.6 Å². The lowest BCUT2D eigenvalue weighted by Gasteiger charge is -2.11. The third kappa shape index (κ3) is 3.31. The molecule has 4 rings (SSSR count). The van der Waals surface area contributed by atoms with Gasteiger partial charge in [-0.05, 0) is 12.5 Å². The second-order valence-corrected chi connectivity index (χ2v) is 7.46. The summed E-state index contributed by atoms with van der Waals surface area (Å²) in [5.41, 5.74) is 2.35. The molecule has 0 unspecified atom stereocenters. The fourth-order valence-electron chi connectivity index (χ4n) is 3.14. The first-order valence-electron chi connectivity index (χ1n) is 8.76. The number of methoxy groups -OCH3 is 1. The Morgan fingerprint density at radius 2 is 2.00 bits per heavy atom. The van der Waals surface area contributed by atoms with Gasteiger partial charge in [0, 0.05) is 43.5 Å². The van der Waals surface area contributed by atoms with Gasteiger partial charge in [-0.15, -0.1) is 11.3 Å². The van der Waals surface area contributed by atoms with Gasteiger partial charge < -0.3 is 14.6 Å². The standard InChI is InChI=1S/C20H21N5OS/c1-13-15(14-7-5-4-6-8-14)16-17(21-10-12-26-3)23-18(24-20(16)27-13)19-22-9-11-25(19)2/h4-9,11H,10,12H2,1-3H3,(H,21,23,24). The lowest BCUT2D eigenvalue weighted by Crippen LogP contribution is -2.10. The van der Waals surface area contributed by atoms with E-state index in [1.807, 2.05) is 23.9 Å². The number of imidazole rings is 1. The van der Waals surface area contributed by atoms with E-state index in [4.69, 9.17) is 14.7 Å². The lowest BCUT2D eigenvalue weighted by molar-refractivity contribution is 0.210. The van der Waals surface area contributed by atoms with Crippen molar-refractivity contribution in [2.75, 3.05) is 25.6 Å². The number of anilines is 1. The molecule has 0 amide bonds. The zero-order valence-corrected chi connectivity index (χ0v) is 16.4. The molecule has 138 valence electrons. The normalized spacial score (nSPS) is 11.2. The molecule has 1 aromatic carbocycles. The summed E-state index contributed by atoms with van der Waals surface area (Å²) < 4.78 is 7.13. The minimum absolute atomic E-state index is 0.604. The number of hydrogen-bond acceptors (Lipinski definition) is 6. The topological polar surface area (TPSA) is 64.9 Å². The van der Waals surface area contributed by atoms with Gasteiger partial charge in [0.25, 0.3) is 0 Å². The smallest absolute Gasteiger partial charge is 0.199 e. The first-order valence-corrected chi connectivity index (χ1v) is 9.57. The van der Waals surface area contributed by atoms with Gasteiger partial charge in [0.1, 0.15) is 10.6 Å². The number of thiophene rings is 1. The first-order chi connectivity index (χ1) is 13.2. The third-order valence-corrected chi connectivity index (χ3v) is 5.41. The molecule has 27 heavy (non-hydrogen) atoms. The highest BCUT2D eigenvalue weighted by atomic mass is 32.1. The highest BCUT2D eigenvalue weighted by Crippen LogP contribution is 2.41. The van der Waals surface area contributed by atoms with E-state index >= 15 is 0 Å². The van der Waals surface area contributed by atoms with Crippen LogP contribution in [0.15, 0.2) is 42.7 Å². The zero-order valence-electron chi connectivity index (χ0n) is 15.6. The molecule has 0 saturated heterocycles. The van der Waals surface area contributed by atoms with Crippen molar-refractivity contribution in [3.63, 3.8) is 0 Å². The number of benzene rings is 1. The fraction of sp³-hybridized carbons (Fsp3) is 0.250. The maximum atomic E-state index is 5.20. The van der Waals surface area contributed by atoms with E-state index in [0.717, 1.165) is 21.9 Å². The SMILES string of the molecule is COCCNc1nc(-c2nccn2C)nc2sc(C)c(-c3ccccc3)c12. The van der Waals surface area contributed by atoms with Crippen molar-refractivity contribution in [2.45, 2.75) is 6.92 Å². The summed E-state index contributed by atoms with van der Waals surface area (Å²) in [5, 5.41) is 4.48. The Bertz CT molecular complexity index is 1070. The number of ether oxygens (including phenoxy) is 1. The molecular formula is C20H21N5OS. The predicted octanol–water partition coefficient (Wildman–Crippen LogP) is 4.13. The van der Waals surface area contributed by atoms with E-state index in [1.165, 1.54) is 16.0 Å². The van der Waals surface area contributed by atoms with E-state index in [0.29, 0.717) is 19.0 Å². The minimum Gasteiger partial charge on any atom is -0.383 e. The number of rotatable bonds is 6. The molecule has 0 radical (unpaired) electrons. The van der Waals surface area contributed by atoms with Crippen molar-refractivity contribution in [3.8, 4) is 22.8 Å². The molecule has 1 N–H and O–H groups in total. The second kappa shape index (κ2) is 7.46. The van der Waals surface area contributed by atoms with Gasteiger partial charge in [-0.3, -0.25) is 0 Å². The van der Waals surface area contributed by atoms with Crippen LogP contribution in [0.2, 0.25) is 0 Å². The van der Waals surface area contributed by atoms with Crippen LogP contribution in [0.25, 0.3) is 33.0 Å². The number of nitrogens with one attached hydrogen (secondary N) is 1. The van der Waals surface area contributed by atoms with E-state index in [1.54, 1.807) is 24.6 Å². The number of aryl methyl sites for hydroxylation is 2. The average molecular weight is 379 g/mol. The van der Waals surface area contributed by atoms with Gasteiger partial charge in [0.2, 0.25) is 0 Å². The highest BCUT2D eigenvalue weighted by molar-refractivity contribution is 7.19. The summed E-state index contributed by atoms with van der Waals surface area (Å²) >= 11 is 1.68. The Hall–Kier alpha value is -2.77. The Morgan fingerprint density at radius 1 is 1.19 bits per heavy atom. The van der Waals surface area contributed by atoms with Gasteiger partial charge >= 0.3 is 0 Å². The molecule has 0 saturated carbocycles. The summed E-state index contributed by atoms with van der Waals surface area (Å²) in [7, 11) is 3.64. The summed E-state index contributed by atoms with van der Waals surface area (Å²) in [4.78, 5) is 16.2. The van der Waals surface area contributed by atoms with Crippen LogP contribution in [-0.2, 0) is 11.8 Å². The van der Waals surface area contributed by atoms with E-state index < -0.39 is 0 Å². The van der Waals surface area contributed by atoms with Crippen LogP contribution in [0.4, 0.5) is 5.82 Å². The van der Waals surface area contributed by atoms with Gasteiger partial charge in [0.05, 0.1) is 12.0 Å². The van der Waals surface area contributed by atoms with Crippen LogP contribution in [0.3, 0.4) is 0 Å². The Balaban J connectivity index is 1.93. The Labute approximate surface area is 161 Å². The van der Waals surface area contributed by atoms with Gasteiger partial charge in [-0.1, -0.05) is 30.3 Å². The molecule has 0 aliphatic heterocycles. The monoisotopic (exact) mass is 379 g/mol. The number of aromatic nitrogens is 4. The summed E-state index contributed by atoms with van der Waals surface area (Å²) in [6.07, 6.45) is 3.66. The molecule has 0 aliphatic carbocycles. The van der Waals surface area contributed by atoms with Crippen molar-refractivity contribution >= 4 is 27.4 Å². The minimum atomic E-state index is 0.604. The molecule has 6 nitrogen and oxygen atoms in total. The van der Waals surface area contributed by atoms with Crippen molar-refractivity contribution in [1.29, 1.82) is 0 Å². The maximum Gasteiger partial charge on any atom is 0.199 e. The second-order valence-electron chi connectivity index (χ2n) is 6.26. The molecule has 0 atom stereocenters. The highest BCUT2D eigenvalue weighted by Gasteiger charge is 2.20. The summed E-state index contributed by atoms with van der Waals surface area (Å²) in [5.74, 6) is 2.19. The number of fused-ring (bicyclic) bond motifs is 1. The van der Waals surface area contributed by atoms with Crippen LogP contribution >= 0.6 is 11.3 Å². The molecule has 0 aliphatic rings. The molecule has 4 aromatic rings. The number of hydrogen-bond donors (Lipinski definition) is 1. The molecule has 7 heteroatoms. The quantitative estimate of drug-likeness (QED) is 0.511. The first kappa shape index (κ1) is 17.6. The lowest BCUT2D eigenvalue weighted by atomic mass is 10.0. The average Bonchev–Trinajstić information content (AvgIpc) is 3.24. The van der Waals surface area contributed by atoms with E-state index in [9.17, 15) is 0 Å². The molecule has 3 heterocycles. The molecule has 0 spiro atoms. The third-order valence-electron chi connectivity index (χ3n) is 4.41. The molecular weight excluding hydrogens is 358 g/mol. The number of nitrogens with zero attached hydrogens (tertiary/aromatic N) is 4. The van der Waals surface area contributed by atoms with Crippen molar-refractivity contribution in [2.24, 2.45) is 7.05 Å². The zero-order chi connectivity index (χ0) is 18.8. The van der Waals surface area contributed by atoms with Crippen LogP contribution in [0.1, 0.15) is 4.88 Å². The largest absolute Gasteiger partial charge is 0.383 e. The van der Waals surface area contributed by atoms with E-state index in [2.05, 4.69) is 41.5 Å². The maximum absolute atomic E-state index is 5.20. The summed E-state index contributed by atoms with van der Waals surface area (Å²) in [6.45, 7) is 3.41.